The molecule has 1 saturated carbocycles. The molecule has 3 atom stereocenters. The van der Waals surface area contributed by atoms with Gasteiger partial charge in [-0.2, -0.15) is 0 Å². The number of rotatable bonds is 5. The molecule has 1 amide bonds. The van der Waals surface area contributed by atoms with Gasteiger partial charge in [0.05, 0.1) is 0 Å². The molecular formula is C8H13FN2O3. The molecule has 5 N–H and O–H groups in total. The molecule has 0 aliphatic heterocycles. The highest BCUT2D eigenvalue weighted by molar-refractivity contribution is 5.85. The van der Waals surface area contributed by atoms with Gasteiger partial charge < -0.3 is 16.6 Å². The Kier molecular flexibility index (Phi) is 2.75. The van der Waals surface area contributed by atoms with Crippen LogP contribution in [0.2, 0.25) is 0 Å². The minimum atomic E-state index is -2.30. The Balaban J connectivity index is 2.67. The maximum absolute atomic E-state index is 13.6. The predicted octanol–water partition coefficient (Wildman–Crippen LogP) is -0.750. The second-order valence-electron chi connectivity index (χ2n) is 3.53. The van der Waals surface area contributed by atoms with Crippen molar-refractivity contribution in [2.45, 2.75) is 18.5 Å². The van der Waals surface area contributed by atoms with Crippen LogP contribution in [0, 0.1) is 11.8 Å². The standard InChI is InChI=1S/C8H13FN2O3/c9-8(7(13)14)4(1-2-10)5(8)3-6(11)12/h4-5H,1-3,10H2,(H2,11,12)(H,13,14)/t4?,5-,8+/m0/s1. The van der Waals surface area contributed by atoms with Crippen LogP contribution in [0.25, 0.3) is 0 Å². The van der Waals surface area contributed by atoms with Crippen LogP contribution in [-0.2, 0) is 9.59 Å². The van der Waals surface area contributed by atoms with E-state index in [9.17, 15) is 14.0 Å². The van der Waals surface area contributed by atoms with Crippen molar-refractivity contribution in [2.75, 3.05) is 6.54 Å². The van der Waals surface area contributed by atoms with Crippen molar-refractivity contribution >= 4 is 11.9 Å². The molecule has 1 unspecified atom stereocenters. The summed E-state index contributed by atoms with van der Waals surface area (Å²) in [5, 5.41) is 8.62. The van der Waals surface area contributed by atoms with E-state index < -0.39 is 29.4 Å². The largest absolute Gasteiger partial charge is 0.479 e. The number of carbonyl (C=O) groups excluding carboxylic acids is 1. The molecular weight excluding hydrogens is 191 g/mol. The fourth-order valence-electron chi connectivity index (χ4n) is 1.92. The number of nitrogens with two attached hydrogens (primary N) is 2. The van der Waals surface area contributed by atoms with Crippen molar-refractivity contribution in [3.63, 3.8) is 0 Å². The lowest BCUT2D eigenvalue weighted by atomic mass is 10.2. The highest BCUT2D eigenvalue weighted by Crippen LogP contribution is 2.57. The second-order valence-corrected chi connectivity index (χ2v) is 3.53. The minimum Gasteiger partial charge on any atom is -0.479 e. The lowest BCUT2D eigenvalue weighted by molar-refractivity contribution is -0.146. The van der Waals surface area contributed by atoms with Crippen LogP contribution in [0.1, 0.15) is 12.8 Å². The molecule has 1 rings (SSSR count). The average Bonchev–Trinajstić information content (AvgIpc) is 2.60. The Morgan fingerprint density at radius 2 is 2.00 bits per heavy atom. The van der Waals surface area contributed by atoms with E-state index in [0.29, 0.717) is 0 Å². The lowest BCUT2D eigenvalue weighted by Crippen LogP contribution is -2.23. The van der Waals surface area contributed by atoms with E-state index in [1.807, 2.05) is 0 Å². The summed E-state index contributed by atoms with van der Waals surface area (Å²) in [4.78, 5) is 21.1. The molecule has 1 fully saturated rings. The lowest BCUT2D eigenvalue weighted by Gasteiger charge is -1.99. The van der Waals surface area contributed by atoms with E-state index in [1.165, 1.54) is 0 Å². The molecule has 0 saturated heterocycles. The molecule has 0 aromatic heterocycles. The van der Waals surface area contributed by atoms with E-state index in [1.54, 1.807) is 0 Å². The first-order valence-corrected chi connectivity index (χ1v) is 4.35. The maximum Gasteiger partial charge on any atom is 0.342 e. The number of hydrogen-bond acceptors (Lipinski definition) is 3. The van der Waals surface area contributed by atoms with Crippen molar-refractivity contribution in [3.05, 3.63) is 0 Å². The first-order chi connectivity index (χ1) is 6.44. The number of carbonyl (C=O) groups is 2. The number of amides is 1. The Hall–Kier alpha value is -1.17. The van der Waals surface area contributed by atoms with Gasteiger partial charge in [0.2, 0.25) is 11.6 Å². The van der Waals surface area contributed by atoms with Gasteiger partial charge in [0.1, 0.15) is 0 Å². The van der Waals surface area contributed by atoms with E-state index >= 15 is 0 Å². The third-order valence-corrected chi connectivity index (χ3v) is 2.68. The quantitative estimate of drug-likeness (QED) is 0.547. The van der Waals surface area contributed by atoms with Gasteiger partial charge in [-0.15, -0.1) is 0 Å². The van der Waals surface area contributed by atoms with E-state index in [-0.39, 0.29) is 19.4 Å². The van der Waals surface area contributed by atoms with Gasteiger partial charge >= 0.3 is 5.97 Å². The van der Waals surface area contributed by atoms with Crippen LogP contribution in [0.5, 0.6) is 0 Å². The molecule has 5 nitrogen and oxygen atoms in total. The number of carboxylic acids is 1. The molecule has 0 aromatic carbocycles. The molecule has 0 radical (unpaired) electrons. The highest BCUT2D eigenvalue weighted by atomic mass is 19.1. The molecule has 6 heteroatoms. The third kappa shape index (κ3) is 1.57. The molecule has 1 aliphatic carbocycles. The maximum atomic E-state index is 13.6. The van der Waals surface area contributed by atoms with Crippen LogP contribution in [0.3, 0.4) is 0 Å². The average molecular weight is 204 g/mol. The Morgan fingerprint density at radius 3 is 2.36 bits per heavy atom. The molecule has 80 valence electrons. The van der Waals surface area contributed by atoms with Crippen molar-refractivity contribution < 1.29 is 19.1 Å². The Labute approximate surface area is 80.3 Å². The number of alkyl halides is 1. The number of primary amides is 1. The molecule has 0 spiro atoms. The van der Waals surface area contributed by atoms with Crippen LogP contribution in [0.15, 0.2) is 0 Å². The van der Waals surface area contributed by atoms with Gasteiger partial charge in [-0.05, 0) is 13.0 Å². The summed E-state index contributed by atoms with van der Waals surface area (Å²) in [6, 6.07) is 0. The zero-order chi connectivity index (χ0) is 10.9. The van der Waals surface area contributed by atoms with Gasteiger partial charge in [0, 0.05) is 18.3 Å². The summed E-state index contributed by atoms with van der Waals surface area (Å²) in [5.74, 6) is -3.68. The van der Waals surface area contributed by atoms with E-state index in [0.717, 1.165) is 0 Å². The zero-order valence-corrected chi connectivity index (χ0v) is 7.57. The van der Waals surface area contributed by atoms with Crippen LogP contribution in [-0.4, -0.2) is 29.2 Å². The summed E-state index contributed by atoms with van der Waals surface area (Å²) in [5.41, 5.74) is 7.79. The van der Waals surface area contributed by atoms with Crippen molar-refractivity contribution in [1.29, 1.82) is 0 Å². The van der Waals surface area contributed by atoms with Crippen molar-refractivity contribution in [3.8, 4) is 0 Å². The highest BCUT2D eigenvalue weighted by Gasteiger charge is 2.71. The number of halogens is 1. The molecule has 0 bridgehead atoms. The normalized spacial score (nSPS) is 35.3. The summed E-state index contributed by atoms with van der Waals surface area (Å²) >= 11 is 0. The fraction of sp³-hybridized carbons (Fsp3) is 0.750. The van der Waals surface area contributed by atoms with Crippen molar-refractivity contribution in [1.82, 2.24) is 0 Å². The molecule has 0 aromatic rings. The third-order valence-electron chi connectivity index (χ3n) is 2.68. The van der Waals surface area contributed by atoms with Gasteiger partial charge in [-0.1, -0.05) is 0 Å². The fourth-order valence-corrected chi connectivity index (χ4v) is 1.92. The summed E-state index contributed by atoms with van der Waals surface area (Å²) in [7, 11) is 0. The van der Waals surface area contributed by atoms with Crippen LogP contribution < -0.4 is 11.5 Å². The van der Waals surface area contributed by atoms with Gasteiger partial charge in [0.15, 0.2) is 0 Å². The Bertz CT molecular complexity index is 271. The van der Waals surface area contributed by atoms with E-state index in [4.69, 9.17) is 16.6 Å². The number of hydrogen-bond donors (Lipinski definition) is 3. The minimum absolute atomic E-state index is 0.207. The van der Waals surface area contributed by atoms with Crippen LogP contribution >= 0.6 is 0 Å². The predicted molar refractivity (Wildman–Crippen MR) is 45.9 cm³/mol. The molecule has 1 aliphatic rings. The number of aliphatic carboxylic acids is 1. The number of carboxylic acid groups (broad SMARTS) is 1. The van der Waals surface area contributed by atoms with Crippen LogP contribution in [0.4, 0.5) is 4.39 Å². The topological polar surface area (TPSA) is 106 Å². The first kappa shape index (κ1) is 10.9. The summed E-state index contributed by atoms with van der Waals surface area (Å²) < 4.78 is 13.6. The Morgan fingerprint density at radius 1 is 1.43 bits per heavy atom. The first-order valence-electron chi connectivity index (χ1n) is 4.35. The van der Waals surface area contributed by atoms with Gasteiger partial charge in [-0.25, -0.2) is 9.18 Å². The molecule has 0 heterocycles. The van der Waals surface area contributed by atoms with Gasteiger partial charge in [-0.3, -0.25) is 4.79 Å². The van der Waals surface area contributed by atoms with E-state index in [2.05, 4.69) is 0 Å². The molecule has 14 heavy (non-hydrogen) atoms. The van der Waals surface area contributed by atoms with Crippen molar-refractivity contribution in [2.24, 2.45) is 23.3 Å². The van der Waals surface area contributed by atoms with Gasteiger partial charge in [0.25, 0.3) is 0 Å². The summed E-state index contributed by atoms with van der Waals surface area (Å²) in [6.45, 7) is 0.207. The SMILES string of the molecule is NCCC1[C@H](CC(N)=O)[C@@]1(F)C(=O)O. The second kappa shape index (κ2) is 3.53. The summed E-state index contributed by atoms with van der Waals surface area (Å²) in [6.07, 6.45) is 0.0359. The zero-order valence-electron chi connectivity index (χ0n) is 7.57. The monoisotopic (exact) mass is 204 g/mol. The smallest absolute Gasteiger partial charge is 0.342 e.